The zero-order chi connectivity index (χ0) is 15.5. The summed E-state index contributed by atoms with van der Waals surface area (Å²) in [5.74, 6) is 0.680. The maximum Gasteiger partial charge on any atom is 0.243 e. The molecular weight excluding hydrogens is 274 g/mol. The Hall–Kier alpha value is -1.07. The first-order valence-electron chi connectivity index (χ1n) is 6.96. The zero-order valence-corrected chi connectivity index (χ0v) is 13.9. The zero-order valence-electron chi connectivity index (χ0n) is 13.1. The van der Waals surface area contributed by atoms with E-state index in [0.29, 0.717) is 10.6 Å². The van der Waals surface area contributed by atoms with Crippen LogP contribution >= 0.6 is 0 Å². The van der Waals surface area contributed by atoms with E-state index in [1.165, 1.54) is 4.31 Å². The van der Waals surface area contributed by atoms with E-state index in [1.807, 2.05) is 41.5 Å². The molecule has 0 saturated carbocycles. The summed E-state index contributed by atoms with van der Waals surface area (Å²) < 4.78 is 32.3. The molecule has 0 saturated heterocycles. The minimum atomic E-state index is -3.47. The second kappa shape index (κ2) is 6.59. The van der Waals surface area contributed by atoms with Crippen LogP contribution in [0.15, 0.2) is 29.2 Å². The summed E-state index contributed by atoms with van der Waals surface area (Å²) in [5, 5.41) is 0. The maximum atomic E-state index is 12.6. The van der Waals surface area contributed by atoms with Crippen molar-refractivity contribution in [2.24, 2.45) is 0 Å². The quantitative estimate of drug-likeness (QED) is 0.810. The van der Waals surface area contributed by atoms with E-state index < -0.39 is 10.0 Å². The van der Waals surface area contributed by atoms with Gasteiger partial charge in [0.15, 0.2) is 0 Å². The lowest BCUT2D eigenvalue weighted by molar-refractivity contribution is 0.242. The second-order valence-electron chi connectivity index (χ2n) is 5.66. The van der Waals surface area contributed by atoms with E-state index in [4.69, 9.17) is 4.74 Å². The second-order valence-corrected chi connectivity index (χ2v) is 7.50. The van der Waals surface area contributed by atoms with Gasteiger partial charge < -0.3 is 4.74 Å². The topological polar surface area (TPSA) is 46.6 Å². The molecule has 0 radical (unpaired) electrons. The van der Waals surface area contributed by atoms with Crippen LogP contribution in [-0.2, 0) is 10.0 Å². The summed E-state index contributed by atoms with van der Waals surface area (Å²) in [6.07, 6.45) is 0.0697. The van der Waals surface area contributed by atoms with Crippen molar-refractivity contribution in [3.05, 3.63) is 24.3 Å². The highest BCUT2D eigenvalue weighted by Crippen LogP contribution is 2.23. The van der Waals surface area contributed by atoms with Gasteiger partial charge in [0, 0.05) is 12.1 Å². The monoisotopic (exact) mass is 299 g/mol. The number of rotatable bonds is 6. The highest BCUT2D eigenvalue weighted by atomic mass is 32.2. The standard InChI is InChI=1S/C15H25NO3S/c1-11(2)16(12(3)4)20(17,18)15-9-7-14(8-10-15)19-13(5)6/h7-13H,1-6H3. The van der Waals surface area contributed by atoms with Gasteiger partial charge >= 0.3 is 0 Å². The lowest BCUT2D eigenvalue weighted by Gasteiger charge is -2.29. The van der Waals surface area contributed by atoms with Crippen molar-refractivity contribution in [2.45, 2.75) is 64.6 Å². The van der Waals surface area contributed by atoms with Crippen molar-refractivity contribution in [3.8, 4) is 5.75 Å². The third kappa shape index (κ3) is 3.96. The van der Waals surface area contributed by atoms with Crippen LogP contribution in [0, 0.1) is 0 Å². The number of ether oxygens (including phenoxy) is 1. The van der Waals surface area contributed by atoms with Gasteiger partial charge in [-0.05, 0) is 65.8 Å². The molecule has 0 aliphatic carbocycles. The van der Waals surface area contributed by atoms with E-state index in [-0.39, 0.29) is 18.2 Å². The number of hydrogen-bond acceptors (Lipinski definition) is 3. The molecule has 0 fully saturated rings. The SMILES string of the molecule is CC(C)Oc1ccc(S(=O)(=O)N(C(C)C)C(C)C)cc1. The van der Waals surface area contributed by atoms with Gasteiger partial charge in [-0.1, -0.05) is 0 Å². The molecule has 114 valence electrons. The van der Waals surface area contributed by atoms with E-state index in [2.05, 4.69) is 0 Å². The van der Waals surface area contributed by atoms with Gasteiger partial charge in [0.1, 0.15) is 5.75 Å². The molecular formula is C15H25NO3S. The summed E-state index contributed by atoms with van der Waals surface area (Å²) in [5.41, 5.74) is 0. The number of nitrogens with zero attached hydrogens (tertiary/aromatic N) is 1. The fourth-order valence-electron chi connectivity index (χ4n) is 2.24. The summed E-state index contributed by atoms with van der Waals surface area (Å²) in [6, 6.07) is 6.45. The molecule has 0 amide bonds. The number of hydrogen-bond donors (Lipinski definition) is 0. The van der Waals surface area contributed by atoms with Crippen LogP contribution in [0.4, 0.5) is 0 Å². The highest BCUT2D eigenvalue weighted by Gasteiger charge is 2.29. The van der Waals surface area contributed by atoms with Crippen molar-refractivity contribution in [2.75, 3.05) is 0 Å². The van der Waals surface area contributed by atoms with E-state index >= 15 is 0 Å². The molecule has 0 aliphatic rings. The molecule has 0 N–H and O–H groups in total. The van der Waals surface area contributed by atoms with Gasteiger partial charge in [-0.3, -0.25) is 0 Å². The van der Waals surface area contributed by atoms with Gasteiger partial charge in [0.25, 0.3) is 0 Å². The summed E-state index contributed by atoms with van der Waals surface area (Å²) in [4.78, 5) is 0.302. The molecule has 0 atom stereocenters. The van der Waals surface area contributed by atoms with Crippen molar-refractivity contribution in [1.29, 1.82) is 0 Å². The Kier molecular flexibility index (Phi) is 5.59. The fourth-order valence-corrected chi connectivity index (χ4v) is 4.07. The van der Waals surface area contributed by atoms with Gasteiger partial charge in [-0.2, -0.15) is 4.31 Å². The minimum Gasteiger partial charge on any atom is -0.491 e. The lowest BCUT2D eigenvalue weighted by Crippen LogP contribution is -2.41. The largest absolute Gasteiger partial charge is 0.491 e. The Morgan fingerprint density at radius 3 is 1.70 bits per heavy atom. The van der Waals surface area contributed by atoms with Crippen LogP contribution < -0.4 is 4.74 Å². The number of sulfonamides is 1. The third-order valence-corrected chi connectivity index (χ3v) is 5.06. The number of benzene rings is 1. The predicted molar refractivity (Wildman–Crippen MR) is 81.5 cm³/mol. The molecule has 1 aromatic rings. The van der Waals surface area contributed by atoms with Crippen LogP contribution in [-0.4, -0.2) is 30.9 Å². The van der Waals surface area contributed by atoms with Crippen LogP contribution in [0.5, 0.6) is 5.75 Å². The smallest absolute Gasteiger partial charge is 0.243 e. The van der Waals surface area contributed by atoms with Crippen LogP contribution in [0.2, 0.25) is 0 Å². The fraction of sp³-hybridized carbons (Fsp3) is 0.600. The molecule has 1 rings (SSSR count). The summed E-state index contributed by atoms with van der Waals surface area (Å²) in [6.45, 7) is 11.4. The summed E-state index contributed by atoms with van der Waals surface area (Å²) in [7, 11) is -3.47. The molecule has 4 nitrogen and oxygen atoms in total. The van der Waals surface area contributed by atoms with E-state index in [9.17, 15) is 8.42 Å². The van der Waals surface area contributed by atoms with Crippen LogP contribution in [0.3, 0.4) is 0 Å². The Labute approximate surface area is 122 Å². The molecule has 0 bridgehead atoms. The molecule has 20 heavy (non-hydrogen) atoms. The summed E-state index contributed by atoms with van der Waals surface area (Å²) >= 11 is 0. The van der Waals surface area contributed by atoms with Gasteiger partial charge in [-0.25, -0.2) is 8.42 Å². The Bertz CT molecular complexity index is 511. The molecule has 1 aromatic carbocycles. The van der Waals surface area contributed by atoms with E-state index in [1.54, 1.807) is 24.3 Å². The van der Waals surface area contributed by atoms with Gasteiger partial charge in [0.2, 0.25) is 10.0 Å². The average Bonchev–Trinajstić information content (AvgIpc) is 2.26. The molecule has 0 spiro atoms. The van der Waals surface area contributed by atoms with Crippen molar-refractivity contribution < 1.29 is 13.2 Å². The molecule has 5 heteroatoms. The Morgan fingerprint density at radius 2 is 1.35 bits per heavy atom. The first-order chi connectivity index (χ1) is 9.16. The van der Waals surface area contributed by atoms with Crippen LogP contribution in [0.25, 0.3) is 0 Å². The third-order valence-electron chi connectivity index (χ3n) is 2.79. The van der Waals surface area contributed by atoms with Crippen molar-refractivity contribution >= 4 is 10.0 Å². The van der Waals surface area contributed by atoms with Gasteiger partial charge in [0.05, 0.1) is 11.0 Å². The van der Waals surface area contributed by atoms with Gasteiger partial charge in [-0.15, -0.1) is 0 Å². The Morgan fingerprint density at radius 1 is 0.900 bits per heavy atom. The van der Waals surface area contributed by atoms with Crippen molar-refractivity contribution in [1.82, 2.24) is 4.31 Å². The normalized spacial score (nSPS) is 12.7. The predicted octanol–water partition coefficient (Wildman–Crippen LogP) is 3.28. The molecule has 0 unspecified atom stereocenters. The maximum absolute atomic E-state index is 12.6. The highest BCUT2D eigenvalue weighted by molar-refractivity contribution is 7.89. The average molecular weight is 299 g/mol. The molecule has 0 heterocycles. The first-order valence-corrected chi connectivity index (χ1v) is 8.40. The molecule has 0 aromatic heterocycles. The van der Waals surface area contributed by atoms with Crippen LogP contribution in [0.1, 0.15) is 41.5 Å². The Balaban J connectivity index is 3.09. The van der Waals surface area contributed by atoms with E-state index in [0.717, 1.165) is 0 Å². The molecule has 0 aliphatic heterocycles. The first kappa shape index (κ1) is 17.0. The lowest BCUT2D eigenvalue weighted by atomic mass is 10.3. The minimum absolute atomic E-state index is 0.0697. The van der Waals surface area contributed by atoms with Crippen molar-refractivity contribution in [3.63, 3.8) is 0 Å².